The van der Waals surface area contributed by atoms with Crippen molar-refractivity contribution in [1.82, 2.24) is 9.88 Å². The maximum absolute atomic E-state index is 7.38. The van der Waals surface area contributed by atoms with Crippen molar-refractivity contribution in [3.05, 3.63) is 65.4 Å². The van der Waals surface area contributed by atoms with Crippen LogP contribution < -0.4 is 0 Å². The molecule has 2 spiro atoms. The number of allylic oxidation sites excluding steroid dienone is 3. The van der Waals surface area contributed by atoms with Gasteiger partial charge in [0.2, 0.25) is 0 Å². The van der Waals surface area contributed by atoms with Gasteiger partial charge in [-0.25, -0.2) is 0 Å². The van der Waals surface area contributed by atoms with Crippen molar-refractivity contribution in [3.63, 3.8) is 0 Å². The fourth-order valence-electron chi connectivity index (χ4n) is 8.07. The zero-order valence-corrected chi connectivity index (χ0v) is 19.6. The van der Waals surface area contributed by atoms with Crippen molar-refractivity contribution in [2.24, 2.45) is 11.3 Å². The molecule has 0 radical (unpaired) electrons. The highest BCUT2D eigenvalue weighted by Gasteiger charge is 2.65. The van der Waals surface area contributed by atoms with E-state index in [-0.39, 0.29) is 16.6 Å². The van der Waals surface area contributed by atoms with E-state index in [1.807, 2.05) is 6.20 Å². The zero-order chi connectivity index (χ0) is 21.7. The molecule has 1 aromatic carbocycles. The summed E-state index contributed by atoms with van der Waals surface area (Å²) in [6.45, 7) is 2.51. The molecule has 3 aliphatic carbocycles. The number of rotatable bonds is 2. The summed E-state index contributed by atoms with van der Waals surface area (Å²) in [5.74, 6) is 0.529. The topological polar surface area (TPSA) is 28.3 Å². The van der Waals surface area contributed by atoms with Gasteiger partial charge in [0.15, 0.2) is 0 Å². The Morgan fingerprint density at radius 1 is 1.12 bits per heavy atom. The molecule has 1 unspecified atom stereocenters. The standard InChI is InChI=1S/C29H34N2O/c1-27-12-10-22-17-21-6-7-23(31(2)3)18-28(21)13-14-29(22,32-28)26(27)9-8-24(27)20-5-4-19-11-15-30-25(19)16-20/h4-5,8,10-11,15-17,23,26,30H,6-7,9,12-14,18H2,1-3H3/t23-,26-,27-,28-,29?/m1/s1. The smallest absolute Gasteiger partial charge is 0.0980 e. The van der Waals surface area contributed by atoms with Gasteiger partial charge in [0.1, 0.15) is 0 Å². The highest BCUT2D eigenvalue weighted by molar-refractivity contribution is 5.85. The first-order valence-electron chi connectivity index (χ1n) is 12.5. The molecule has 1 saturated heterocycles. The van der Waals surface area contributed by atoms with Gasteiger partial charge in [0.25, 0.3) is 0 Å². The maximum Gasteiger partial charge on any atom is 0.0980 e. The van der Waals surface area contributed by atoms with E-state index in [1.165, 1.54) is 53.3 Å². The molecule has 3 heteroatoms. The second-order valence-electron chi connectivity index (χ2n) is 11.5. The van der Waals surface area contributed by atoms with Crippen LogP contribution in [-0.2, 0) is 4.74 Å². The molecule has 2 bridgehead atoms. The van der Waals surface area contributed by atoms with E-state index in [9.17, 15) is 0 Å². The van der Waals surface area contributed by atoms with E-state index in [0.29, 0.717) is 12.0 Å². The van der Waals surface area contributed by atoms with E-state index < -0.39 is 0 Å². The summed E-state index contributed by atoms with van der Waals surface area (Å²) < 4.78 is 7.38. The van der Waals surface area contributed by atoms with Crippen molar-refractivity contribution < 1.29 is 4.74 Å². The molecule has 7 rings (SSSR count). The van der Waals surface area contributed by atoms with Crippen LogP contribution in [0.15, 0.2) is 59.8 Å². The monoisotopic (exact) mass is 426 g/mol. The average Bonchev–Trinajstić information content (AvgIpc) is 3.47. The van der Waals surface area contributed by atoms with Crippen LogP contribution in [0.2, 0.25) is 0 Å². The van der Waals surface area contributed by atoms with Crippen LogP contribution in [0.1, 0.15) is 57.4 Å². The minimum absolute atomic E-state index is 0.0192. The van der Waals surface area contributed by atoms with Crippen LogP contribution >= 0.6 is 0 Å². The molecule has 1 aromatic heterocycles. The van der Waals surface area contributed by atoms with Gasteiger partial charge in [-0.1, -0.05) is 37.3 Å². The Balaban J connectivity index is 1.29. The molecule has 0 amide bonds. The molecule has 166 valence electrons. The number of aromatic amines is 1. The third-order valence-electron chi connectivity index (χ3n) is 9.84. The second kappa shape index (κ2) is 6.27. The zero-order valence-electron chi connectivity index (χ0n) is 19.6. The summed E-state index contributed by atoms with van der Waals surface area (Å²) in [6, 6.07) is 9.73. The van der Waals surface area contributed by atoms with Crippen molar-refractivity contribution >= 4 is 16.5 Å². The van der Waals surface area contributed by atoms with Crippen LogP contribution in [0.4, 0.5) is 0 Å². The summed E-state index contributed by atoms with van der Waals surface area (Å²) in [4.78, 5) is 5.83. The highest BCUT2D eigenvalue weighted by Crippen LogP contribution is 2.67. The molecule has 1 N–H and O–H groups in total. The van der Waals surface area contributed by atoms with Crippen LogP contribution in [0.5, 0.6) is 0 Å². The van der Waals surface area contributed by atoms with Crippen molar-refractivity contribution in [2.75, 3.05) is 14.1 Å². The molecule has 2 aromatic rings. The predicted octanol–water partition coefficient (Wildman–Crippen LogP) is 6.25. The molecule has 3 heterocycles. The number of nitrogens with zero attached hydrogens (tertiary/aromatic N) is 1. The summed E-state index contributed by atoms with van der Waals surface area (Å²) in [5, 5.41) is 1.29. The summed E-state index contributed by atoms with van der Waals surface area (Å²) >= 11 is 0. The fraction of sp³-hybridized carbons (Fsp3) is 0.517. The fourth-order valence-corrected chi connectivity index (χ4v) is 8.07. The van der Waals surface area contributed by atoms with Crippen LogP contribution in [0, 0.1) is 11.3 Å². The van der Waals surface area contributed by atoms with E-state index >= 15 is 0 Å². The number of benzene rings is 1. The number of hydrogen-bond acceptors (Lipinski definition) is 2. The lowest BCUT2D eigenvalue weighted by Crippen LogP contribution is -2.54. The Morgan fingerprint density at radius 2 is 2.03 bits per heavy atom. The third kappa shape index (κ3) is 2.34. The van der Waals surface area contributed by atoms with Crippen molar-refractivity contribution in [3.8, 4) is 0 Å². The minimum Gasteiger partial charge on any atom is -0.361 e. The van der Waals surface area contributed by atoms with Gasteiger partial charge in [-0.3, -0.25) is 0 Å². The molecule has 3 nitrogen and oxygen atoms in total. The Labute approximate surface area is 191 Å². The van der Waals surface area contributed by atoms with E-state index in [4.69, 9.17) is 4.74 Å². The Hall–Kier alpha value is -2.10. The van der Waals surface area contributed by atoms with Crippen LogP contribution in [0.25, 0.3) is 16.5 Å². The number of ether oxygens (including phenoxy) is 1. The van der Waals surface area contributed by atoms with Gasteiger partial charge in [-0.2, -0.15) is 0 Å². The van der Waals surface area contributed by atoms with Gasteiger partial charge in [0.05, 0.1) is 11.2 Å². The van der Waals surface area contributed by atoms with Gasteiger partial charge >= 0.3 is 0 Å². The lowest BCUT2D eigenvalue weighted by molar-refractivity contribution is -0.134. The van der Waals surface area contributed by atoms with Crippen molar-refractivity contribution in [2.45, 2.75) is 69.1 Å². The molecular weight excluding hydrogens is 392 g/mol. The largest absolute Gasteiger partial charge is 0.361 e. The number of aromatic nitrogens is 1. The number of fused-ring (bicyclic) bond motifs is 2. The van der Waals surface area contributed by atoms with Crippen molar-refractivity contribution in [1.29, 1.82) is 0 Å². The Kier molecular flexibility index (Phi) is 3.80. The van der Waals surface area contributed by atoms with Crippen LogP contribution in [-0.4, -0.2) is 41.2 Å². The molecule has 1 saturated carbocycles. The second-order valence-corrected chi connectivity index (χ2v) is 11.5. The van der Waals surface area contributed by atoms with E-state index in [2.05, 4.69) is 73.4 Å². The normalized spacial score (nSPS) is 39.9. The van der Waals surface area contributed by atoms with Crippen LogP contribution in [0.3, 0.4) is 0 Å². The molecule has 2 aliphatic heterocycles. The number of nitrogens with one attached hydrogen (secondary N) is 1. The first-order valence-corrected chi connectivity index (χ1v) is 12.5. The number of H-pyrrole nitrogens is 1. The minimum atomic E-state index is -0.0977. The van der Waals surface area contributed by atoms with Gasteiger partial charge in [-0.15, -0.1) is 0 Å². The Morgan fingerprint density at radius 3 is 2.91 bits per heavy atom. The third-order valence-corrected chi connectivity index (χ3v) is 9.84. The first-order chi connectivity index (χ1) is 15.4. The molecule has 2 fully saturated rings. The van der Waals surface area contributed by atoms with Gasteiger partial charge in [0, 0.05) is 29.1 Å². The number of hydrogen-bond donors (Lipinski definition) is 1. The average molecular weight is 427 g/mol. The predicted molar refractivity (Wildman–Crippen MR) is 130 cm³/mol. The summed E-state index contributed by atoms with van der Waals surface area (Å²) in [6.07, 6.45) is 17.9. The van der Waals surface area contributed by atoms with E-state index in [0.717, 1.165) is 19.3 Å². The van der Waals surface area contributed by atoms with Gasteiger partial charge < -0.3 is 14.6 Å². The molecule has 32 heavy (non-hydrogen) atoms. The highest BCUT2D eigenvalue weighted by atomic mass is 16.5. The first kappa shape index (κ1) is 19.4. The summed E-state index contributed by atoms with van der Waals surface area (Å²) in [7, 11) is 4.47. The molecule has 5 aliphatic rings. The SMILES string of the molecule is CN(C)[C@@H]1CCC2=CC3=CC[C@]4(C)C(c5ccc6cc[nH]c6c5)=CC[C@H]4C34CC[C@]2(C1)O4. The maximum atomic E-state index is 7.38. The molecular formula is C29H34N2O. The molecule has 5 atom stereocenters. The Bertz CT molecular complexity index is 1210. The summed E-state index contributed by atoms with van der Waals surface area (Å²) in [5.41, 5.74) is 7.24. The lowest BCUT2D eigenvalue weighted by Gasteiger charge is -2.54. The van der Waals surface area contributed by atoms with E-state index in [1.54, 1.807) is 5.57 Å². The quantitative estimate of drug-likeness (QED) is 0.615. The van der Waals surface area contributed by atoms with Gasteiger partial charge in [-0.05, 0) is 98.8 Å². The lowest BCUT2D eigenvalue weighted by atomic mass is 9.58.